The average Bonchev–Trinajstić information content (AvgIpc) is 2.97. The van der Waals surface area contributed by atoms with E-state index in [4.69, 9.17) is 9.47 Å². The van der Waals surface area contributed by atoms with Gasteiger partial charge in [0.2, 0.25) is 0 Å². The minimum absolute atomic E-state index is 0.160. The number of nitrogens with one attached hydrogen (secondary N) is 1. The predicted molar refractivity (Wildman–Crippen MR) is 84.2 cm³/mol. The lowest BCUT2D eigenvalue weighted by Gasteiger charge is -2.38. The molecule has 0 spiro atoms. The number of nitrogens with zero attached hydrogens (tertiary/aromatic N) is 2. The van der Waals surface area contributed by atoms with Crippen molar-refractivity contribution >= 4 is 6.09 Å². The fraction of sp³-hybridized carbons (Fsp3) is 0.765. The summed E-state index contributed by atoms with van der Waals surface area (Å²) in [4.78, 5) is 13.9. The Morgan fingerprint density at radius 3 is 2.96 bits per heavy atom. The standard InChI is InChI=1S/C17H25N3O3/c21-17(23-10-12-4-2-1-3-5-12)20-8-13(9-20)16-14-11-22-7-6-15(14)18-19-16/h12-13H,1-11H2,(H,18,19). The van der Waals surface area contributed by atoms with Gasteiger partial charge in [0.1, 0.15) is 0 Å². The second kappa shape index (κ2) is 6.51. The van der Waals surface area contributed by atoms with E-state index in [1.54, 1.807) is 4.90 Å². The van der Waals surface area contributed by atoms with Crippen molar-refractivity contribution in [3.05, 3.63) is 17.0 Å². The SMILES string of the molecule is O=C(OCC1CCCCC1)N1CC(c2n[nH]c3c2COCC3)C1. The van der Waals surface area contributed by atoms with Gasteiger partial charge in [-0.25, -0.2) is 4.79 Å². The Kier molecular flexibility index (Phi) is 4.25. The Labute approximate surface area is 136 Å². The van der Waals surface area contributed by atoms with Crippen LogP contribution >= 0.6 is 0 Å². The van der Waals surface area contributed by atoms with Crippen molar-refractivity contribution < 1.29 is 14.3 Å². The zero-order chi connectivity index (χ0) is 15.6. The summed E-state index contributed by atoms with van der Waals surface area (Å²) in [6, 6.07) is 0. The molecule has 1 amide bonds. The fourth-order valence-electron chi connectivity index (χ4n) is 3.91. The van der Waals surface area contributed by atoms with Gasteiger partial charge in [-0.2, -0.15) is 5.10 Å². The van der Waals surface area contributed by atoms with E-state index < -0.39 is 0 Å². The lowest BCUT2D eigenvalue weighted by atomic mass is 9.90. The first kappa shape index (κ1) is 15.0. The third-order valence-corrected chi connectivity index (χ3v) is 5.42. The number of aromatic amines is 1. The molecule has 1 N–H and O–H groups in total. The van der Waals surface area contributed by atoms with Crippen molar-refractivity contribution in [2.75, 3.05) is 26.3 Å². The summed E-state index contributed by atoms with van der Waals surface area (Å²) in [5.74, 6) is 0.888. The molecule has 0 aromatic carbocycles. The number of rotatable bonds is 3. The third-order valence-electron chi connectivity index (χ3n) is 5.42. The van der Waals surface area contributed by atoms with E-state index >= 15 is 0 Å². The largest absolute Gasteiger partial charge is 0.449 e. The highest BCUT2D eigenvalue weighted by Crippen LogP contribution is 2.32. The molecule has 3 heterocycles. The van der Waals surface area contributed by atoms with Crippen molar-refractivity contribution in [1.29, 1.82) is 0 Å². The van der Waals surface area contributed by atoms with E-state index in [9.17, 15) is 4.79 Å². The lowest BCUT2D eigenvalue weighted by molar-refractivity contribution is 0.0541. The summed E-state index contributed by atoms with van der Waals surface area (Å²) < 4.78 is 11.0. The topological polar surface area (TPSA) is 67.5 Å². The quantitative estimate of drug-likeness (QED) is 0.930. The van der Waals surface area contributed by atoms with Crippen LogP contribution in [0.15, 0.2) is 0 Å². The molecule has 2 aliphatic heterocycles. The fourth-order valence-corrected chi connectivity index (χ4v) is 3.91. The van der Waals surface area contributed by atoms with Gasteiger partial charge in [0.15, 0.2) is 0 Å². The van der Waals surface area contributed by atoms with Gasteiger partial charge in [0.05, 0.1) is 25.5 Å². The van der Waals surface area contributed by atoms with Crippen LogP contribution in [0, 0.1) is 5.92 Å². The molecule has 6 nitrogen and oxygen atoms in total. The number of fused-ring (bicyclic) bond motifs is 1. The van der Waals surface area contributed by atoms with Gasteiger partial charge in [-0.05, 0) is 18.8 Å². The Balaban J connectivity index is 1.26. The van der Waals surface area contributed by atoms with Crippen molar-refractivity contribution in [1.82, 2.24) is 15.1 Å². The minimum atomic E-state index is -0.160. The van der Waals surface area contributed by atoms with Crippen LogP contribution in [-0.4, -0.2) is 47.5 Å². The van der Waals surface area contributed by atoms with Crippen molar-refractivity contribution in [2.24, 2.45) is 5.92 Å². The number of H-pyrrole nitrogens is 1. The molecule has 0 radical (unpaired) electrons. The number of hydrogen-bond acceptors (Lipinski definition) is 4. The molecule has 1 aliphatic carbocycles. The van der Waals surface area contributed by atoms with Crippen LogP contribution in [-0.2, 0) is 22.5 Å². The zero-order valence-electron chi connectivity index (χ0n) is 13.6. The van der Waals surface area contributed by atoms with E-state index in [1.807, 2.05) is 0 Å². The molecule has 3 aliphatic rings. The molecule has 1 aromatic rings. The molecular weight excluding hydrogens is 294 g/mol. The number of amides is 1. The van der Waals surface area contributed by atoms with E-state index in [0.29, 0.717) is 38.1 Å². The molecule has 0 unspecified atom stereocenters. The van der Waals surface area contributed by atoms with Crippen LogP contribution in [0.4, 0.5) is 4.79 Å². The minimum Gasteiger partial charge on any atom is -0.449 e. The molecule has 4 rings (SSSR count). The Morgan fingerprint density at radius 1 is 1.30 bits per heavy atom. The van der Waals surface area contributed by atoms with Crippen molar-refractivity contribution in [3.63, 3.8) is 0 Å². The zero-order valence-corrected chi connectivity index (χ0v) is 13.6. The average molecular weight is 319 g/mol. The maximum atomic E-state index is 12.1. The molecule has 126 valence electrons. The van der Waals surface area contributed by atoms with Crippen molar-refractivity contribution in [3.8, 4) is 0 Å². The summed E-state index contributed by atoms with van der Waals surface area (Å²) in [6.45, 7) is 3.41. The molecule has 0 atom stereocenters. The van der Waals surface area contributed by atoms with E-state index in [1.165, 1.54) is 43.4 Å². The molecule has 6 heteroatoms. The molecule has 1 aromatic heterocycles. The number of hydrogen-bond donors (Lipinski definition) is 1. The number of carbonyl (C=O) groups is 1. The predicted octanol–water partition coefficient (Wildman–Crippen LogP) is 2.60. The van der Waals surface area contributed by atoms with Gasteiger partial charge in [-0.1, -0.05) is 19.3 Å². The Hall–Kier alpha value is -1.56. The number of aromatic nitrogens is 2. The maximum Gasteiger partial charge on any atom is 0.409 e. The van der Waals surface area contributed by atoms with Crippen LogP contribution in [0.2, 0.25) is 0 Å². The number of likely N-dealkylation sites (tertiary alicyclic amines) is 1. The summed E-state index contributed by atoms with van der Waals surface area (Å²) in [7, 11) is 0. The van der Waals surface area contributed by atoms with Crippen molar-refractivity contribution in [2.45, 2.75) is 51.0 Å². The summed E-state index contributed by atoms with van der Waals surface area (Å²) in [5.41, 5.74) is 3.48. The first-order valence-electron chi connectivity index (χ1n) is 8.86. The van der Waals surface area contributed by atoms with Gasteiger partial charge >= 0.3 is 6.09 Å². The lowest BCUT2D eigenvalue weighted by Crippen LogP contribution is -2.49. The van der Waals surface area contributed by atoms with Gasteiger partial charge in [0.25, 0.3) is 0 Å². The smallest absolute Gasteiger partial charge is 0.409 e. The van der Waals surface area contributed by atoms with E-state index in [0.717, 1.165) is 18.7 Å². The molecule has 0 bridgehead atoms. The van der Waals surface area contributed by atoms with Crippen LogP contribution in [0.1, 0.15) is 55.0 Å². The second-order valence-electron chi connectivity index (χ2n) is 7.05. The van der Waals surface area contributed by atoms with Crippen LogP contribution < -0.4 is 0 Å². The maximum absolute atomic E-state index is 12.1. The second-order valence-corrected chi connectivity index (χ2v) is 7.05. The van der Waals surface area contributed by atoms with Crippen LogP contribution in [0.3, 0.4) is 0 Å². The Bertz CT molecular complexity index is 559. The van der Waals surface area contributed by atoms with Gasteiger partial charge < -0.3 is 14.4 Å². The molecule has 23 heavy (non-hydrogen) atoms. The molecule has 1 saturated heterocycles. The van der Waals surface area contributed by atoms with Gasteiger partial charge in [-0.3, -0.25) is 5.10 Å². The first-order valence-corrected chi connectivity index (χ1v) is 8.86. The summed E-state index contributed by atoms with van der Waals surface area (Å²) in [5, 5.41) is 7.57. The highest BCUT2D eigenvalue weighted by Gasteiger charge is 2.37. The summed E-state index contributed by atoms with van der Waals surface area (Å²) in [6.07, 6.45) is 7.04. The van der Waals surface area contributed by atoms with E-state index in [2.05, 4.69) is 10.2 Å². The Morgan fingerprint density at radius 2 is 2.13 bits per heavy atom. The van der Waals surface area contributed by atoms with Gasteiger partial charge in [-0.15, -0.1) is 0 Å². The van der Waals surface area contributed by atoms with Gasteiger partial charge in [0, 0.05) is 36.7 Å². The molecule has 2 fully saturated rings. The monoisotopic (exact) mass is 319 g/mol. The van der Waals surface area contributed by atoms with E-state index in [-0.39, 0.29) is 6.09 Å². The molecule has 1 saturated carbocycles. The highest BCUT2D eigenvalue weighted by molar-refractivity contribution is 5.69. The molecular formula is C17H25N3O3. The highest BCUT2D eigenvalue weighted by atomic mass is 16.6. The number of carbonyl (C=O) groups excluding carboxylic acids is 1. The van der Waals surface area contributed by atoms with Crippen LogP contribution in [0.25, 0.3) is 0 Å². The first-order chi connectivity index (χ1) is 11.3. The third kappa shape index (κ3) is 3.09. The number of ether oxygens (including phenoxy) is 2. The normalized spacial score (nSPS) is 22.5. The summed E-state index contributed by atoms with van der Waals surface area (Å²) >= 11 is 0. The van der Waals surface area contributed by atoms with Crippen LogP contribution in [0.5, 0.6) is 0 Å².